The van der Waals surface area contributed by atoms with Crippen molar-refractivity contribution in [1.82, 2.24) is 5.43 Å². The molecule has 0 fully saturated rings. The molecule has 0 aromatic heterocycles. The van der Waals surface area contributed by atoms with Crippen LogP contribution in [0, 0.1) is 11.2 Å². The zero-order chi connectivity index (χ0) is 19.3. The molecule has 2 aromatic carbocycles. The van der Waals surface area contributed by atoms with E-state index in [9.17, 15) is 9.18 Å². The van der Waals surface area contributed by atoms with Crippen molar-refractivity contribution in [2.75, 3.05) is 19.5 Å². The quantitative estimate of drug-likeness (QED) is 0.149. The number of ether oxygens (including phenoxy) is 2. The van der Waals surface area contributed by atoms with E-state index in [1.165, 1.54) is 20.3 Å². The van der Waals surface area contributed by atoms with E-state index in [0.717, 1.165) is 6.07 Å². The predicted molar refractivity (Wildman–Crippen MR) is 110 cm³/mol. The van der Waals surface area contributed by atoms with Crippen molar-refractivity contribution in [2.24, 2.45) is 11.6 Å². The minimum atomic E-state index is -1.12. The van der Waals surface area contributed by atoms with Gasteiger partial charge in [-0.2, -0.15) is 0 Å². The van der Waals surface area contributed by atoms with E-state index in [2.05, 4.69) is 5.32 Å². The number of hydrazine groups is 1. The molecule has 0 bridgehead atoms. The highest BCUT2D eigenvalue weighted by Gasteiger charge is 2.25. The van der Waals surface area contributed by atoms with Crippen LogP contribution in [-0.2, 0) is 4.79 Å². The summed E-state index contributed by atoms with van der Waals surface area (Å²) in [5.74, 6) is 4.32. The third-order valence-corrected chi connectivity index (χ3v) is 3.73. The van der Waals surface area contributed by atoms with E-state index in [1.54, 1.807) is 24.3 Å². The Morgan fingerprint density at radius 2 is 1.64 bits per heavy atom. The largest absolute Gasteiger partial charge is 0.493 e. The van der Waals surface area contributed by atoms with E-state index in [0.29, 0.717) is 11.3 Å². The number of hydrogen-bond donors (Lipinski definition) is 5. The van der Waals surface area contributed by atoms with E-state index in [-0.39, 0.29) is 47.7 Å². The van der Waals surface area contributed by atoms with Crippen LogP contribution in [0.3, 0.4) is 0 Å². The monoisotopic (exact) mass is 433 g/mol. The van der Waals surface area contributed by atoms with Gasteiger partial charge < -0.3 is 20.5 Å². The summed E-state index contributed by atoms with van der Waals surface area (Å²) < 4.78 is 24.7. The molecule has 0 spiro atoms. The summed E-state index contributed by atoms with van der Waals surface area (Å²) in [5, 5.41) is 10.3. The molecule has 28 heavy (non-hydrogen) atoms. The molecule has 11 heteroatoms. The number of carbonyl (C=O) groups is 1. The lowest BCUT2D eigenvalue weighted by Crippen LogP contribution is -2.38. The molecule has 2 aromatic rings. The van der Waals surface area contributed by atoms with Crippen molar-refractivity contribution in [1.29, 1.82) is 5.41 Å². The van der Waals surface area contributed by atoms with Crippen molar-refractivity contribution in [2.45, 2.75) is 6.04 Å². The number of rotatable bonds is 7. The van der Waals surface area contributed by atoms with Gasteiger partial charge in [0.15, 0.2) is 11.5 Å². The van der Waals surface area contributed by atoms with E-state index in [1.807, 2.05) is 5.43 Å². The fraction of sp³-hybridized carbons (Fsp3) is 0.176. The molecule has 1 amide bonds. The first-order valence-electron chi connectivity index (χ1n) is 7.54. The molecule has 0 radical (unpaired) electrons. The number of anilines is 1. The topological polar surface area (TPSA) is 135 Å². The van der Waals surface area contributed by atoms with Gasteiger partial charge in [0.1, 0.15) is 17.7 Å². The molecule has 1 unspecified atom stereocenters. The molecule has 8 nitrogen and oxygen atoms in total. The van der Waals surface area contributed by atoms with Crippen LogP contribution in [0.2, 0.25) is 0 Å². The Morgan fingerprint density at radius 3 is 2.11 bits per heavy atom. The number of halogens is 3. The summed E-state index contributed by atoms with van der Waals surface area (Å²) in [7, 11) is 2.79. The van der Waals surface area contributed by atoms with Crippen LogP contribution in [0.25, 0.3) is 0 Å². The molecule has 0 saturated heterocycles. The summed E-state index contributed by atoms with van der Waals surface area (Å²) in [5.41, 5.74) is 8.49. The lowest BCUT2D eigenvalue weighted by molar-refractivity contribution is -0.122. The molecule has 1 atom stereocenters. The average Bonchev–Trinajstić information content (AvgIpc) is 2.65. The highest BCUT2D eigenvalue weighted by Crippen LogP contribution is 2.33. The predicted octanol–water partition coefficient (Wildman–Crippen LogP) is 2.11. The zero-order valence-corrected chi connectivity index (χ0v) is 16.7. The van der Waals surface area contributed by atoms with Gasteiger partial charge in [-0.05, 0) is 30.3 Å². The normalized spacial score (nSPS) is 10.6. The first-order valence-corrected chi connectivity index (χ1v) is 7.54. The first-order chi connectivity index (χ1) is 12.4. The molecule has 0 aliphatic heterocycles. The Bertz CT molecular complexity index is 821. The van der Waals surface area contributed by atoms with Crippen LogP contribution in [0.4, 0.5) is 10.1 Å². The van der Waals surface area contributed by atoms with Gasteiger partial charge in [-0.1, -0.05) is 0 Å². The molecular formula is C17H22Cl2FN5O3. The number of amidine groups is 1. The Labute approximate surface area is 174 Å². The Kier molecular flexibility index (Phi) is 10.1. The van der Waals surface area contributed by atoms with Crippen molar-refractivity contribution in [3.05, 3.63) is 53.3 Å². The number of benzene rings is 2. The second-order valence-corrected chi connectivity index (χ2v) is 5.31. The van der Waals surface area contributed by atoms with Crippen LogP contribution in [0.5, 0.6) is 11.5 Å². The second kappa shape index (κ2) is 11.2. The smallest absolute Gasteiger partial charge is 0.261 e. The highest BCUT2D eigenvalue weighted by atomic mass is 35.5. The van der Waals surface area contributed by atoms with Gasteiger partial charge in [-0.3, -0.25) is 15.6 Å². The van der Waals surface area contributed by atoms with Gasteiger partial charge in [-0.15, -0.1) is 24.8 Å². The minimum absolute atomic E-state index is 0. The first kappa shape index (κ1) is 25.2. The number of nitrogen functional groups attached to an aromatic ring is 1. The minimum Gasteiger partial charge on any atom is -0.493 e. The number of hydrogen-bond acceptors (Lipinski definition) is 6. The fourth-order valence-corrected chi connectivity index (χ4v) is 2.37. The molecule has 0 heterocycles. The summed E-state index contributed by atoms with van der Waals surface area (Å²) >= 11 is 0. The second-order valence-electron chi connectivity index (χ2n) is 5.31. The highest BCUT2D eigenvalue weighted by molar-refractivity contribution is 5.95. The van der Waals surface area contributed by atoms with Crippen LogP contribution >= 0.6 is 24.8 Å². The zero-order valence-electron chi connectivity index (χ0n) is 15.1. The van der Waals surface area contributed by atoms with Crippen molar-refractivity contribution < 1.29 is 18.7 Å². The van der Waals surface area contributed by atoms with Gasteiger partial charge in [0.05, 0.1) is 14.2 Å². The van der Waals surface area contributed by atoms with Gasteiger partial charge >= 0.3 is 0 Å². The lowest BCUT2D eigenvalue weighted by atomic mass is 10.0. The van der Waals surface area contributed by atoms with Gasteiger partial charge in [0.25, 0.3) is 5.91 Å². The molecule has 0 aliphatic carbocycles. The maximum atomic E-state index is 14.5. The van der Waals surface area contributed by atoms with Crippen molar-refractivity contribution >= 4 is 42.2 Å². The third-order valence-electron chi connectivity index (χ3n) is 3.73. The van der Waals surface area contributed by atoms with Crippen LogP contribution in [0.1, 0.15) is 17.2 Å². The molecule has 7 N–H and O–H groups in total. The van der Waals surface area contributed by atoms with Crippen LogP contribution in [0.15, 0.2) is 36.4 Å². The Morgan fingerprint density at radius 1 is 1.11 bits per heavy atom. The summed E-state index contributed by atoms with van der Waals surface area (Å²) in [6.45, 7) is 0. The van der Waals surface area contributed by atoms with Gasteiger partial charge in [-0.25, -0.2) is 10.2 Å². The summed E-state index contributed by atoms with van der Waals surface area (Å²) in [6, 6.07) is 7.82. The van der Waals surface area contributed by atoms with Crippen LogP contribution in [-0.4, -0.2) is 26.0 Å². The van der Waals surface area contributed by atoms with Crippen molar-refractivity contribution in [3.8, 4) is 11.5 Å². The van der Waals surface area contributed by atoms with Gasteiger partial charge in [0.2, 0.25) is 0 Å². The van der Waals surface area contributed by atoms with E-state index < -0.39 is 17.8 Å². The van der Waals surface area contributed by atoms with E-state index in [4.69, 9.17) is 26.5 Å². The lowest BCUT2D eigenvalue weighted by Gasteiger charge is -2.21. The summed E-state index contributed by atoms with van der Waals surface area (Å²) in [4.78, 5) is 12.2. The van der Waals surface area contributed by atoms with Gasteiger partial charge in [0, 0.05) is 22.9 Å². The molecule has 0 saturated carbocycles. The number of nitrogens with two attached hydrogens (primary N) is 2. The molecular weight excluding hydrogens is 412 g/mol. The Hall–Kier alpha value is -2.75. The standard InChI is InChI=1S/C17H20FN5O3.2ClH/c1-25-13-7-11(12(18)8-14(13)26-2)15(17(24)23-21)22-10-5-3-9(4-6-10)16(19)20;;/h3-8,15,22H,21H2,1-2H3,(H3,19,20)(H,23,24);2*1H. The Balaban J connectivity index is 0.00000364. The molecule has 2 rings (SSSR count). The third kappa shape index (κ3) is 5.62. The number of carbonyl (C=O) groups excluding carboxylic acids is 1. The number of amides is 1. The van der Waals surface area contributed by atoms with Crippen molar-refractivity contribution in [3.63, 3.8) is 0 Å². The maximum absolute atomic E-state index is 14.5. The maximum Gasteiger partial charge on any atom is 0.261 e. The van der Waals surface area contributed by atoms with Crippen LogP contribution < -0.4 is 31.8 Å². The number of methoxy groups -OCH3 is 2. The summed E-state index contributed by atoms with van der Waals surface area (Å²) in [6.07, 6.45) is 0. The van der Waals surface area contributed by atoms with E-state index >= 15 is 0 Å². The fourth-order valence-electron chi connectivity index (χ4n) is 2.37. The SMILES string of the molecule is COc1cc(F)c(C(Nc2ccc(C(=N)N)cc2)C(=O)NN)cc1OC.Cl.Cl. The number of nitrogens with one attached hydrogen (secondary N) is 3. The molecule has 0 aliphatic rings. The average molecular weight is 434 g/mol. The molecule has 154 valence electrons.